The van der Waals surface area contributed by atoms with Crippen molar-refractivity contribution >= 4 is 0 Å². The Morgan fingerprint density at radius 3 is 2.83 bits per heavy atom. The molecule has 3 unspecified atom stereocenters. The highest BCUT2D eigenvalue weighted by Crippen LogP contribution is 2.18. The largest absolute Gasteiger partial charge is 0.388 e. The van der Waals surface area contributed by atoms with Crippen molar-refractivity contribution in [3.8, 4) is 12.3 Å². The quantitative estimate of drug-likeness (QED) is 0.428. The second kappa shape index (κ2) is 4.43. The molecule has 0 spiro atoms. The van der Waals surface area contributed by atoms with Crippen molar-refractivity contribution in [1.82, 2.24) is 0 Å². The molecule has 0 radical (unpaired) electrons. The molecule has 1 saturated heterocycles. The summed E-state index contributed by atoms with van der Waals surface area (Å²) in [5, 5.41) is 18.0. The summed E-state index contributed by atoms with van der Waals surface area (Å²) in [6.45, 7) is 0.546. The Labute approximate surface area is 71.1 Å². The van der Waals surface area contributed by atoms with E-state index in [4.69, 9.17) is 26.1 Å². The second-order valence-corrected chi connectivity index (χ2v) is 2.67. The van der Waals surface area contributed by atoms with Gasteiger partial charge in [-0.25, -0.2) is 0 Å². The van der Waals surface area contributed by atoms with Gasteiger partial charge in [0.2, 0.25) is 0 Å². The Morgan fingerprint density at radius 1 is 1.58 bits per heavy atom. The molecule has 0 aliphatic carbocycles. The van der Waals surface area contributed by atoms with Crippen LogP contribution in [0.5, 0.6) is 0 Å². The summed E-state index contributed by atoms with van der Waals surface area (Å²) < 4.78 is 9.91. The SMILES string of the molecule is C#CCOCC1CC(O)C(O)O1. The fourth-order valence-electron chi connectivity index (χ4n) is 1.09. The molecule has 4 nitrogen and oxygen atoms in total. The Bertz CT molecular complexity index is 164. The molecule has 1 rings (SSSR count). The number of hydrogen-bond donors (Lipinski definition) is 2. The van der Waals surface area contributed by atoms with Crippen LogP contribution in [0.15, 0.2) is 0 Å². The van der Waals surface area contributed by atoms with Crippen molar-refractivity contribution in [3.05, 3.63) is 0 Å². The first kappa shape index (κ1) is 9.49. The molecule has 0 aromatic carbocycles. The van der Waals surface area contributed by atoms with Gasteiger partial charge in [0.15, 0.2) is 6.29 Å². The van der Waals surface area contributed by atoms with Gasteiger partial charge in [-0.2, -0.15) is 0 Å². The van der Waals surface area contributed by atoms with E-state index in [0.29, 0.717) is 13.0 Å². The maximum absolute atomic E-state index is 9.05. The first-order valence-corrected chi connectivity index (χ1v) is 3.77. The highest BCUT2D eigenvalue weighted by atomic mass is 16.6. The standard InChI is InChI=1S/C8H12O4/c1-2-3-11-5-6-4-7(9)8(10)12-6/h1,6-10H,3-5H2. The number of hydrogen-bond acceptors (Lipinski definition) is 4. The summed E-state index contributed by atoms with van der Waals surface area (Å²) in [5.41, 5.74) is 0. The lowest BCUT2D eigenvalue weighted by Gasteiger charge is -2.08. The number of rotatable bonds is 3. The van der Waals surface area contributed by atoms with Gasteiger partial charge in [0.1, 0.15) is 12.7 Å². The van der Waals surface area contributed by atoms with Crippen molar-refractivity contribution in [1.29, 1.82) is 0 Å². The lowest BCUT2D eigenvalue weighted by atomic mass is 10.2. The zero-order valence-electron chi connectivity index (χ0n) is 6.64. The zero-order chi connectivity index (χ0) is 8.97. The van der Waals surface area contributed by atoms with E-state index in [9.17, 15) is 0 Å². The van der Waals surface area contributed by atoms with Crippen LogP contribution in [-0.4, -0.2) is 41.9 Å². The molecule has 68 valence electrons. The predicted molar refractivity (Wildman–Crippen MR) is 41.2 cm³/mol. The number of aliphatic hydroxyl groups is 2. The van der Waals surface area contributed by atoms with Crippen LogP contribution in [0.4, 0.5) is 0 Å². The van der Waals surface area contributed by atoms with E-state index in [2.05, 4.69) is 5.92 Å². The summed E-state index contributed by atoms with van der Waals surface area (Å²) in [7, 11) is 0. The highest BCUT2D eigenvalue weighted by Gasteiger charge is 2.32. The van der Waals surface area contributed by atoms with Gasteiger partial charge < -0.3 is 19.7 Å². The fraction of sp³-hybridized carbons (Fsp3) is 0.750. The minimum absolute atomic E-state index is 0.228. The van der Waals surface area contributed by atoms with Crippen LogP contribution >= 0.6 is 0 Å². The van der Waals surface area contributed by atoms with Crippen LogP contribution in [0.1, 0.15) is 6.42 Å². The van der Waals surface area contributed by atoms with Crippen LogP contribution < -0.4 is 0 Å². The molecule has 2 N–H and O–H groups in total. The van der Waals surface area contributed by atoms with Crippen molar-refractivity contribution in [3.63, 3.8) is 0 Å². The van der Waals surface area contributed by atoms with Crippen LogP contribution in [-0.2, 0) is 9.47 Å². The van der Waals surface area contributed by atoms with Gasteiger partial charge in [0.05, 0.1) is 12.7 Å². The molecule has 1 aliphatic rings. The van der Waals surface area contributed by atoms with Crippen LogP contribution in [0.25, 0.3) is 0 Å². The van der Waals surface area contributed by atoms with E-state index >= 15 is 0 Å². The topological polar surface area (TPSA) is 58.9 Å². The summed E-state index contributed by atoms with van der Waals surface area (Å²) in [4.78, 5) is 0. The van der Waals surface area contributed by atoms with E-state index in [1.165, 1.54) is 0 Å². The van der Waals surface area contributed by atoms with Crippen LogP contribution in [0.2, 0.25) is 0 Å². The minimum Gasteiger partial charge on any atom is -0.388 e. The Balaban J connectivity index is 2.15. The molecule has 4 heteroatoms. The van der Waals surface area contributed by atoms with E-state index < -0.39 is 12.4 Å². The van der Waals surface area contributed by atoms with Crippen LogP contribution in [0, 0.1) is 12.3 Å². The van der Waals surface area contributed by atoms with Gasteiger partial charge in [-0.3, -0.25) is 0 Å². The lowest BCUT2D eigenvalue weighted by molar-refractivity contribution is -0.135. The first-order valence-electron chi connectivity index (χ1n) is 3.77. The fourth-order valence-corrected chi connectivity index (χ4v) is 1.09. The average molecular weight is 172 g/mol. The van der Waals surface area contributed by atoms with Gasteiger partial charge >= 0.3 is 0 Å². The first-order chi connectivity index (χ1) is 5.74. The number of ether oxygens (including phenoxy) is 2. The maximum atomic E-state index is 9.05. The van der Waals surface area contributed by atoms with Gasteiger partial charge in [-0.1, -0.05) is 5.92 Å². The molecule has 12 heavy (non-hydrogen) atoms. The monoisotopic (exact) mass is 172 g/mol. The smallest absolute Gasteiger partial charge is 0.181 e. The van der Waals surface area contributed by atoms with Crippen molar-refractivity contribution in [2.75, 3.05) is 13.2 Å². The molecule has 0 amide bonds. The zero-order valence-corrected chi connectivity index (χ0v) is 6.64. The average Bonchev–Trinajstić information content (AvgIpc) is 2.32. The summed E-state index contributed by atoms with van der Waals surface area (Å²) in [5.74, 6) is 2.31. The Kier molecular flexibility index (Phi) is 3.50. The Hall–Kier alpha value is -0.600. The third kappa shape index (κ3) is 2.47. The highest BCUT2D eigenvalue weighted by molar-refractivity contribution is 4.83. The molecule has 3 atom stereocenters. The minimum atomic E-state index is -1.08. The van der Waals surface area contributed by atoms with Crippen LogP contribution in [0.3, 0.4) is 0 Å². The molecule has 1 heterocycles. The normalized spacial score (nSPS) is 34.9. The van der Waals surface area contributed by atoms with Gasteiger partial charge in [0, 0.05) is 6.42 Å². The number of terminal acetylenes is 1. The molecule has 0 bridgehead atoms. The third-order valence-electron chi connectivity index (χ3n) is 1.65. The van der Waals surface area contributed by atoms with Gasteiger partial charge in [-0.05, 0) is 0 Å². The third-order valence-corrected chi connectivity index (χ3v) is 1.65. The van der Waals surface area contributed by atoms with E-state index in [-0.39, 0.29) is 12.7 Å². The van der Waals surface area contributed by atoms with Crippen molar-refractivity contribution in [2.24, 2.45) is 0 Å². The predicted octanol–water partition coefficient (Wildman–Crippen LogP) is -0.896. The molecular formula is C8H12O4. The second-order valence-electron chi connectivity index (χ2n) is 2.67. The van der Waals surface area contributed by atoms with E-state index in [1.54, 1.807) is 0 Å². The number of aliphatic hydroxyl groups excluding tert-OH is 2. The van der Waals surface area contributed by atoms with Gasteiger partial charge in [0.25, 0.3) is 0 Å². The Morgan fingerprint density at radius 2 is 2.33 bits per heavy atom. The molecular weight excluding hydrogens is 160 g/mol. The summed E-state index contributed by atoms with van der Waals surface area (Å²) in [6.07, 6.45) is 3.22. The molecule has 0 aromatic heterocycles. The summed E-state index contributed by atoms with van der Waals surface area (Å²) in [6, 6.07) is 0. The summed E-state index contributed by atoms with van der Waals surface area (Å²) >= 11 is 0. The maximum Gasteiger partial charge on any atom is 0.181 e. The van der Waals surface area contributed by atoms with Crippen molar-refractivity contribution in [2.45, 2.75) is 24.9 Å². The molecule has 1 fully saturated rings. The van der Waals surface area contributed by atoms with Crippen molar-refractivity contribution < 1.29 is 19.7 Å². The molecule has 0 aromatic rings. The van der Waals surface area contributed by atoms with E-state index in [1.807, 2.05) is 0 Å². The molecule has 1 aliphatic heterocycles. The lowest BCUT2D eigenvalue weighted by Crippen LogP contribution is -2.19. The van der Waals surface area contributed by atoms with Gasteiger partial charge in [-0.15, -0.1) is 6.42 Å². The van der Waals surface area contributed by atoms with E-state index in [0.717, 1.165) is 0 Å². The molecule has 0 saturated carbocycles.